The van der Waals surface area contributed by atoms with E-state index >= 15 is 0 Å². The molecule has 12 aromatic rings. The number of nitrogens with zero attached hydrogens (tertiary/aromatic N) is 2. The molecule has 4 heteroatoms. The van der Waals surface area contributed by atoms with Crippen molar-refractivity contribution in [3.63, 3.8) is 0 Å². The lowest BCUT2D eigenvalue weighted by atomic mass is 9.95. The van der Waals surface area contributed by atoms with Gasteiger partial charge in [-0.15, -0.1) is 11.3 Å². The molecule has 0 aliphatic rings. The lowest BCUT2D eigenvalue weighted by Gasteiger charge is -2.26. The summed E-state index contributed by atoms with van der Waals surface area (Å²) in [6.07, 6.45) is 0. The Morgan fingerprint density at radius 2 is 1.09 bits per heavy atom. The van der Waals surface area contributed by atoms with E-state index in [-0.39, 0.29) is 0 Å². The molecule has 0 atom stereocenters. The normalized spacial score (nSPS) is 11.8. The van der Waals surface area contributed by atoms with Crippen LogP contribution in [0.1, 0.15) is 0 Å². The first kappa shape index (κ1) is 32.8. The van der Waals surface area contributed by atoms with Gasteiger partial charge >= 0.3 is 0 Å². The fourth-order valence-corrected chi connectivity index (χ4v) is 10.2. The Balaban J connectivity index is 1.25. The van der Waals surface area contributed by atoms with Crippen LogP contribution in [0.5, 0.6) is 0 Å². The van der Waals surface area contributed by atoms with Crippen LogP contribution in [-0.2, 0) is 0 Å². The summed E-state index contributed by atoms with van der Waals surface area (Å²) in [7, 11) is 0. The van der Waals surface area contributed by atoms with Gasteiger partial charge in [0.2, 0.25) is 0 Å². The average Bonchev–Trinajstić information content (AvgIpc) is 3.97. The van der Waals surface area contributed by atoms with Gasteiger partial charge in [-0.3, -0.25) is 0 Å². The molecular formula is C54H34N2OS. The van der Waals surface area contributed by atoms with Crippen molar-refractivity contribution in [2.75, 3.05) is 4.90 Å². The van der Waals surface area contributed by atoms with E-state index in [2.05, 4.69) is 204 Å². The minimum Gasteiger partial charge on any atom is -0.456 e. The van der Waals surface area contributed by atoms with E-state index in [1.54, 1.807) is 0 Å². The fraction of sp³-hybridized carbons (Fsp3) is 0. The third kappa shape index (κ3) is 5.05. The molecule has 272 valence electrons. The van der Waals surface area contributed by atoms with Gasteiger partial charge in [0.1, 0.15) is 11.2 Å². The molecule has 0 aliphatic carbocycles. The van der Waals surface area contributed by atoms with Crippen LogP contribution in [0.2, 0.25) is 0 Å². The first-order chi connectivity index (χ1) is 28.8. The lowest BCUT2D eigenvalue weighted by molar-refractivity contribution is 0.669. The summed E-state index contributed by atoms with van der Waals surface area (Å²) in [6.45, 7) is 0. The highest BCUT2D eigenvalue weighted by molar-refractivity contribution is 7.25. The third-order valence-corrected chi connectivity index (χ3v) is 12.7. The van der Waals surface area contributed by atoms with Crippen LogP contribution in [-0.4, -0.2) is 4.57 Å². The summed E-state index contributed by atoms with van der Waals surface area (Å²) in [5.74, 6) is 0. The van der Waals surface area contributed by atoms with E-state index in [9.17, 15) is 0 Å². The van der Waals surface area contributed by atoms with E-state index < -0.39 is 0 Å². The summed E-state index contributed by atoms with van der Waals surface area (Å²) in [5, 5.41) is 7.14. The Hall–Kier alpha value is -7.40. The number of anilines is 3. The Bertz CT molecular complexity index is 3510. The Kier molecular flexibility index (Phi) is 7.40. The van der Waals surface area contributed by atoms with Crippen molar-refractivity contribution in [3.8, 4) is 27.9 Å². The number of hydrogen-bond donors (Lipinski definition) is 0. The second-order valence-electron chi connectivity index (χ2n) is 14.9. The smallest absolute Gasteiger partial charge is 0.137 e. The average molecular weight is 759 g/mol. The highest BCUT2D eigenvalue weighted by atomic mass is 32.1. The molecule has 58 heavy (non-hydrogen) atoms. The topological polar surface area (TPSA) is 21.3 Å². The summed E-state index contributed by atoms with van der Waals surface area (Å²) in [4.78, 5) is 2.40. The third-order valence-electron chi connectivity index (χ3n) is 11.6. The number of furan rings is 1. The van der Waals surface area contributed by atoms with Crippen molar-refractivity contribution >= 4 is 92.3 Å². The Morgan fingerprint density at radius 3 is 1.91 bits per heavy atom. The van der Waals surface area contributed by atoms with Gasteiger partial charge in [-0.25, -0.2) is 0 Å². The van der Waals surface area contributed by atoms with E-state index in [1.165, 1.54) is 64.4 Å². The summed E-state index contributed by atoms with van der Waals surface area (Å²) < 4.78 is 11.6. The summed E-state index contributed by atoms with van der Waals surface area (Å²) in [5.41, 5.74) is 13.2. The van der Waals surface area contributed by atoms with Crippen LogP contribution < -0.4 is 4.90 Å². The van der Waals surface area contributed by atoms with Gasteiger partial charge in [0.25, 0.3) is 0 Å². The van der Waals surface area contributed by atoms with Crippen LogP contribution >= 0.6 is 11.3 Å². The van der Waals surface area contributed by atoms with Crippen LogP contribution in [0.3, 0.4) is 0 Å². The number of benzene rings is 9. The number of rotatable bonds is 6. The zero-order chi connectivity index (χ0) is 38.2. The number of aromatic nitrogens is 1. The molecule has 0 N–H and O–H groups in total. The van der Waals surface area contributed by atoms with E-state index in [0.29, 0.717) is 0 Å². The van der Waals surface area contributed by atoms with Crippen molar-refractivity contribution in [3.05, 3.63) is 206 Å². The first-order valence-corrected chi connectivity index (χ1v) is 20.5. The molecular weight excluding hydrogens is 725 g/mol. The summed E-state index contributed by atoms with van der Waals surface area (Å²) in [6, 6.07) is 74.5. The molecule has 0 aliphatic heterocycles. The monoisotopic (exact) mass is 758 g/mol. The quantitative estimate of drug-likeness (QED) is 0.168. The Morgan fingerprint density at radius 1 is 0.414 bits per heavy atom. The van der Waals surface area contributed by atoms with Crippen molar-refractivity contribution in [2.45, 2.75) is 0 Å². The van der Waals surface area contributed by atoms with Gasteiger partial charge in [-0.2, -0.15) is 0 Å². The lowest BCUT2D eigenvalue weighted by Crippen LogP contribution is -2.10. The molecule has 12 rings (SSSR count). The second kappa shape index (κ2) is 13.1. The van der Waals surface area contributed by atoms with Crippen molar-refractivity contribution in [1.29, 1.82) is 0 Å². The van der Waals surface area contributed by atoms with Crippen molar-refractivity contribution in [2.24, 2.45) is 0 Å². The molecule has 0 radical (unpaired) electrons. The van der Waals surface area contributed by atoms with Crippen molar-refractivity contribution < 1.29 is 4.42 Å². The number of hydrogen-bond acceptors (Lipinski definition) is 3. The molecule has 0 fully saturated rings. The van der Waals surface area contributed by atoms with Gasteiger partial charge in [0.15, 0.2) is 0 Å². The van der Waals surface area contributed by atoms with Gasteiger partial charge in [0.05, 0.1) is 22.4 Å². The minimum atomic E-state index is 0.864. The van der Waals surface area contributed by atoms with Crippen molar-refractivity contribution in [1.82, 2.24) is 4.57 Å². The number of para-hydroxylation sites is 2. The molecule has 3 nitrogen and oxygen atoms in total. The fourth-order valence-electron chi connectivity index (χ4n) is 9.05. The molecule has 3 aromatic heterocycles. The molecule has 0 bridgehead atoms. The second-order valence-corrected chi connectivity index (χ2v) is 15.9. The molecule has 0 saturated carbocycles. The standard InChI is InChI=1S/C54H34N2OS/c1-4-16-35(17-5-1)37-32-43(36-18-6-2-7-19-36)54-44(33-37)52-45(24-14-25-46(52)56(54)47-26-15-29-51-53(47)42-23-11-13-28-50(42)58-51)55(38-20-8-3-9-21-38)39-30-31-41-40-22-10-12-27-48(40)57-49(41)34-39/h1-34H. The number of thiophene rings is 1. The molecule has 9 aromatic carbocycles. The van der Waals surface area contributed by atoms with Gasteiger partial charge in [-0.1, -0.05) is 127 Å². The minimum absolute atomic E-state index is 0.864. The van der Waals surface area contributed by atoms with Gasteiger partial charge < -0.3 is 13.9 Å². The molecule has 0 spiro atoms. The Labute approximate surface area is 338 Å². The predicted octanol–water partition coefficient (Wildman–Crippen LogP) is 15.9. The molecule has 0 unspecified atom stereocenters. The van der Waals surface area contributed by atoms with Crippen LogP contribution in [0.4, 0.5) is 17.1 Å². The maximum absolute atomic E-state index is 6.50. The largest absolute Gasteiger partial charge is 0.456 e. The first-order valence-electron chi connectivity index (χ1n) is 19.7. The predicted molar refractivity (Wildman–Crippen MR) is 247 cm³/mol. The zero-order valence-electron chi connectivity index (χ0n) is 31.3. The molecule has 0 amide bonds. The van der Waals surface area contributed by atoms with E-state index in [4.69, 9.17) is 4.42 Å². The van der Waals surface area contributed by atoms with Gasteiger partial charge in [-0.05, 0) is 89.5 Å². The molecule has 0 saturated heterocycles. The highest BCUT2D eigenvalue weighted by Crippen LogP contribution is 2.49. The highest BCUT2D eigenvalue weighted by Gasteiger charge is 2.26. The maximum atomic E-state index is 6.50. The van der Waals surface area contributed by atoms with Crippen LogP contribution in [0.25, 0.3) is 91.9 Å². The van der Waals surface area contributed by atoms with Crippen LogP contribution in [0.15, 0.2) is 211 Å². The maximum Gasteiger partial charge on any atom is 0.137 e. The summed E-state index contributed by atoms with van der Waals surface area (Å²) >= 11 is 1.86. The zero-order valence-corrected chi connectivity index (χ0v) is 32.2. The number of fused-ring (bicyclic) bond motifs is 9. The SMILES string of the molecule is c1ccc(-c2cc(-c3ccccc3)c3c(c2)c2c(N(c4ccccc4)c4ccc5c(c4)oc4ccccc45)cccc2n3-c2cccc3sc4ccccc4c23)cc1. The molecule has 3 heterocycles. The van der Waals surface area contributed by atoms with E-state index in [1.807, 2.05) is 23.5 Å². The van der Waals surface area contributed by atoms with Crippen LogP contribution in [0, 0.1) is 0 Å². The van der Waals surface area contributed by atoms with Gasteiger partial charge in [0, 0.05) is 64.7 Å². The van der Waals surface area contributed by atoms with E-state index in [0.717, 1.165) is 44.5 Å².